The number of ketones is 1. The van der Waals surface area contributed by atoms with Crippen LogP contribution >= 0.6 is 0 Å². The molecule has 1 saturated heterocycles. The molecule has 1 N–H and O–H groups in total. The molecule has 1 fully saturated rings. The van der Waals surface area contributed by atoms with Crippen LogP contribution in [0.2, 0.25) is 0 Å². The Morgan fingerprint density at radius 3 is 2.40 bits per heavy atom. The van der Waals surface area contributed by atoms with Gasteiger partial charge in [0.15, 0.2) is 0 Å². The van der Waals surface area contributed by atoms with Crippen molar-refractivity contribution in [2.24, 2.45) is 0 Å². The average molecular weight is 358 g/mol. The van der Waals surface area contributed by atoms with E-state index in [1.54, 1.807) is 6.07 Å². The van der Waals surface area contributed by atoms with Gasteiger partial charge in [0.1, 0.15) is 12.2 Å². The number of hydrogen-bond acceptors (Lipinski definition) is 4. The van der Waals surface area contributed by atoms with E-state index in [2.05, 4.69) is 4.90 Å². The van der Waals surface area contributed by atoms with Crippen molar-refractivity contribution < 1.29 is 27.9 Å². The van der Waals surface area contributed by atoms with Crippen molar-refractivity contribution >= 4 is 17.4 Å². The maximum absolute atomic E-state index is 12.8. The lowest BCUT2D eigenvalue weighted by Crippen LogP contribution is -2.46. The first kappa shape index (κ1) is 19.2. The number of benzene rings is 1. The third kappa shape index (κ3) is 6.04. The van der Waals surface area contributed by atoms with Crippen LogP contribution in [-0.2, 0) is 15.8 Å². The smallest absolute Gasteiger partial charge is 0.416 e. The van der Waals surface area contributed by atoms with Gasteiger partial charge in [0.25, 0.3) is 0 Å². The Bertz CT molecular complexity index is 611. The molecule has 1 heterocycles. The Balaban J connectivity index is 1.78. The quantitative estimate of drug-likeness (QED) is 0.760. The summed E-state index contributed by atoms with van der Waals surface area (Å²) in [5.41, 5.74) is -0.0875. The fraction of sp³-hybridized carbons (Fsp3) is 0.529. The van der Waals surface area contributed by atoms with Crippen LogP contribution < -0.4 is 4.90 Å². The fourth-order valence-corrected chi connectivity index (χ4v) is 2.87. The number of carboxylic acid groups (broad SMARTS) is 1. The van der Waals surface area contributed by atoms with Gasteiger partial charge in [-0.15, -0.1) is 0 Å². The van der Waals surface area contributed by atoms with Crippen molar-refractivity contribution in [3.05, 3.63) is 29.8 Å². The molecule has 0 amide bonds. The van der Waals surface area contributed by atoms with Gasteiger partial charge in [0.2, 0.25) is 0 Å². The van der Waals surface area contributed by atoms with E-state index in [0.717, 1.165) is 6.07 Å². The van der Waals surface area contributed by atoms with Crippen LogP contribution in [0.4, 0.5) is 18.9 Å². The first-order chi connectivity index (χ1) is 11.8. The predicted molar refractivity (Wildman–Crippen MR) is 86.6 cm³/mol. The summed E-state index contributed by atoms with van der Waals surface area (Å²) in [7, 11) is 0. The molecular weight excluding hydrogens is 337 g/mol. The number of carbonyl (C=O) groups is 2. The molecule has 25 heavy (non-hydrogen) atoms. The third-order valence-electron chi connectivity index (χ3n) is 4.19. The molecule has 1 aliphatic rings. The molecular formula is C17H21F3N2O3. The number of alkyl halides is 3. The van der Waals surface area contributed by atoms with Crippen molar-refractivity contribution in [3.8, 4) is 0 Å². The number of Topliss-reactive ketones (excluding diaryl/α,β-unsaturated/α-hetero) is 1. The van der Waals surface area contributed by atoms with Crippen LogP contribution in [0.15, 0.2) is 24.3 Å². The van der Waals surface area contributed by atoms with Crippen LogP contribution in [0.5, 0.6) is 0 Å². The molecule has 0 aromatic heterocycles. The Hall–Kier alpha value is -2.09. The summed E-state index contributed by atoms with van der Waals surface area (Å²) in [6, 6.07) is 5.32. The van der Waals surface area contributed by atoms with Crippen molar-refractivity contribution in [1.82, 2.24) is 4.90 Å². The Labute approximate surface area is 144 Å². The van der Waals surface area contributed by atoms with Gasteiger partial charge in [-0.3, -0.25) is 14.5 Å². The van der Waals surface area contributed by atoms with Gasteiger partial charge in [-0.05, 0) is 31.2 Å². The highest BCUT2D eigenvalue weighted by atomic mass is 19.4. The molecule has 1 aliphatic heterocycles. The second-order valence-electron chi connectivity index (χ2n) is 6.09. The van der Waals surface area contributed by atoms with E-state index < -0.39 is 24.1 Å². The second kappa shape index (κ2) is 8.33. The number of aliphatic carboxylic acids is 1. The van der Waals surface area contributed by atoms with E-state index in [-0.39, 0.29) is 12.2 Å². The van der Waals surface area contributed by atoms with Gasteiger partial charge < -0.3 is 10.0 Å². The number of halogens is 3. The zero-order valence-electron chi connectivity index (χ0n) is 13.8. The number of piperazine rings is 1. The molecule has 138 valence electrons. The molecule has 8 heteroatoms. The summed E-state index contributed by atoms with van der Waals surface area (Å²) < 4.78 is 38.4. The summed E-state index contributed by atoms with van der Waals surface area (Å²) >= 11 is 0. The highest BCUT2D eigenvalue weighted by Gasteiger charge is 2.31. The first-order valence-electron chi connectivity index (χ1n) is 8.14. The molecule has 0 saturated carbocycles. The number of rotatable bonds is 7. The number of anilines is 1. The maximum Gasteiger partial charge on any atom is 0.416 e. The highest BCUT2D eigenvalue weighted by Crippen LogP contribution is 2.31. The molecule has 0 bridgehead atoms. The monoisotopic (exact) mass is 358 g/mol. The average Bonchev–Trinajstić information content (AvgIpc) is 2.54. The molecule has 1 aromatic rings. The van der Waals surface area contributed by atoms with Gasteiger partial charge >= 0.3 is 12.1 Å². The molecule has 5 nitrogen and oxygen atoms in total. The van der Waals surface area contributed by atoms with E-state index in [0.29, 0.717) is 44.8 Å². The minimum atomic E-state index is -4.35. The summed E-state index contributed by atoms with van der Waals surface area (Å²) in [6.07, 6.45) is -3.96. The maximum atomic E-state index is 12.8. The van der Waals surface area contributed by atoms with Crippen LogP contribution in [-0.4, -0.2) is 54.5 Å². The lowest BCUT2D eigenvalue weighted by molar-refractivity contribution is -0.140. The first-order valence-corrected chi connectivity index (χ1v) is 8.14. The fourth-order valence-electron chi connectivity index (χ4n) is 2.87. The molecule has 2 rings (SSSR count). The Morgan fingerprint density at radius 2 is 1.80 bits per heavy atom. The Kier molecular flexibility index (Phi) is 6.41. The zero-order chi connectivity index (χ0) is 18.4. The van der Waals surface area contributed by atoms with Gasteiger partial charge in [-0.1, -0.05) is 6.07 Å². The van der Waals surface area contributed by atoms with Crippen LogP contribution in [0.25, 0.3) is 0 Å². The van der Waals surface area contributed by atoms with E-state index in [9.17, 15) is 22.8 Å². The SMILES string of the molecule is O=C(O)CC(=O)CCCN1CCN(c2cccc(C(F)(F)F)c2)CC1. The zero-order valence-corrected chi connectivity index (χ0v) is 13.8. The Morgan fingerprint density at radius 1 is 1.12 bits per heavy atom. The topological polar surface area (TPSA) is 60.9 Å². The van der Waals surface area contributed by atoms with Crippen molar-refractivity contribution in [1.29, 1.82) is 0 Å². The normalized spacial score (nSPS) is 16.0. The van der Waals surface area contributed by atoms with Gasteiger partial charge in [0.05, 0.1) is 5.56 Å². The van der Waals surface area contributed by atoms with Gasteiger partial charge in [-0.25, -0.2) is 0 Å². The van der Waals surface area contributed by atoms with E-state index in [4.69, 9.17) is 5.11 Å². The van der Waals surface area contributed by atoms with E-state index in [1.165, 1.54) is 12.1 Å². The predicted octanol–water partition coefficient (Wildman–Crippen LogP) is 2.65. The van der Waals surface area contributed by atoms with Crippen molar-refractivity contribution in [2.75, 3.05) is 37.6 Å². The molecule has 0 spiro atoms. The second-order valence-corrected chi connectivity index (χ2v) is 6.09. The van der Waals surface area contributed by atoms with Crippen molar-refractivity contribution in [2.45, 2.75) is 25.4 Å². The summed E-state index contributed by atoms with van der Waals surface area (Å²) in [6.45, 7) is 3.31. The number of nitrogens with zero attached hydrogens (tertiary/aromatic N) is 2. The van der Waals surface area contributed by atoms with E-state index in [1.807, 2.05) is 4.90 Å². The van der Waals surface area contributed by atoms with E-state index >= 15 is 0 Å². The molecule has 1 aromatic carbocycles. The lowest BCUT2D eigenvalue weighted by Gasteiger charge is -2.36. The highest BCUT2D eigenvalue weighted by molar-refractivity contribution is 5.94. The van der Waals surface area contributed by atoms with Crippen LogP contribution in [0.3, 0.4) is 0 Å². The summed E-state index contributed by atoms with van der Waals surface area (Å²) in [5.74, 6) is -1.39. The molecule has 0 radical (unpaired) electrons. The van der Waals surface area contributed by atoms with Gasteiger partial charge in [0, 0.05) is 38.3 Å². The third-order valence-corrected chi connectivity index (χ3v) is 4.19. The lowest BCUT2D eigenvalue weighted by atomic mass is 10.1. The number of carbonyl (C=O) groups excluding carboxylic acids is 1. The molecule has 0 aliphatic carbocycles. The minimum Gasteiger partial charge on any atom is -0.481 e. The molecule has 0 unspecified atom stereocenters. The number of carboxylic acids is 1. The van der Waals surface area contributed by atoms with Crippen LogP contribution in [0.1, 0.15) is 24.8 Å². The van der Waals surface area contributed by atoms with Crippen LogP contribution in [0, 0.1) is 0 Å². The standard InChI is InChI=1S/C17H21F3N2O3/c18-17(19,20)13-3-1-4-14(11-13)22-9-7-21(8-10-22)6-2-5-15(23)12-16(24)25/h1,3-4,11H,2,5-10,12H2,(H,24,25). The largest absolute Gasteiger partial charge is 0.481 e. The number of hydrogen-bond donors (Lipinski definition) is 1. The summed E-state index contributed by atoms with van der Waals surface area (Å²) in [5, 5.41) is 8.53. The van der Waals surface area contributed by atoms with Gasteiger partial charge in [-0.2, -0.15) is 13.2 Å². The molecule has 0 atom stereocenters. The minimum absolute atomic E-state index is 0.236. The summed E-state index contributed by atoms with van der Waals surface area (Å²) in [4.78, 5) is 25.8. The van der Waals surface area contributed by atoms with Crippen molar-refractivity contribution in [3.63, 3.8) is 0 Å².